The third kappa shape index (κ3) is 3.30. The highest BCUT2D eigenvalue weighted by molar-refractivity contribution is 9.10. The Morgan fingerprint density at radius 1 is 1.14 bits per heavy atom. The van der Waals surface area contributed by atoms with E-state index in [1.807, 2.05) is 35.2 Å². The van der Waals surface area contributed by atoms with E-state index in [9.17, 15) is 14.9 Å². The van der Waals surface area contributed by atoms with E-state index < -0.39 is 29.4 Å². The highest BCUT2D eigenvalue weighted by atomic mass is 79.9. The number of hydrogen-bond acceptors (Lipinski definition) is 7. The fourth-order valence-electron chi connectivity index (χ4n) is 5.30. The first-order valence-corrected chi connectivity index (χ1v) is 11.7. The molecule has 2 aromatic carbocycles. The number of rotatable bonds is 5. The van der Waals surface area contributed by atoms with Gasteiger partial charge < -0.3 is 18.8 Å². The molecule has 0 aliphatic carbocycles. The summed E-state index contributed by atoms with van der Waals surface area (Å²) in [6, 6.07) is 16.6. The number of fused-ring (bicyclic) bond motifs is 3. The fraction of sp³-hybridized carbons (Fsp3) is 0.222. The maximum atomic E-state index is 14.3. The van der Waals surface area contributed by atoms with Gasteiger partial charge in [-0.15, -0.1) is 0 Å². The summed E-state index contributed by atoms with van der Waals surface area (Å²) in [5.41, 5.74) is 0.321. The molecule has 0 radical (unpaired) electrons. The van der Waals surface area contributed by atoms with Crippen molar-refractivity contribution in [3.8, 4) is 11.8 Å². The van der Waals surface area contributed by atoms with Gasteiger partial charge in [0.05, 0.1) is 43.0 Å². The van der Waals surface area contributed by atoms with E-state index in [0.29, 0.717) is 21.5 Å². The first-order chi connectivity index (χ1) is 17.0. The summed E-state index contributed by atoms with van der Waals surface area (Å²) in [6.07, 6.45) is 5.15. The second kappa shape index (κ2) is 8.75. The number of ketones is 1. The van der Waals surface area contributed by atoms with Crippen LogP contribution in [0.2, 0.25) is 0 Å². The molecule has 5 rings (SSSR count). The van der Waals surface area contributed by atoms with Crippen LogP contribution in [0.1, 0.15) is 27.6 Å². The van der Waals surface area contributed by atoms with Gasteiger partial charge in [-0.1, -0.05) is 30.4 Å². The minimum Gasteiger partial charge on any atom is -0.496 e. The number of nitriles is 1. The lowest BCUT2D eigenvalue weighted by Crippen LogP contribution is -2.46. The number of carbonyl (C=O) groups is 2. The first-order valence-electron chi connectivity index (χ1n) is 10.9. The number of esters is 1. The maximum absolute atomic E-state index is 14.3. The zero-order valence-corrected chi connectivity index (χ0v) is 20.6. The summed E-state index contributed by atoms with van der Waals surface area (Å²) in [5, 5.41) is 10.6. The van der Waals surface area contributed by atoms with Crippen LogP contribution in [0.5, 0.6) is 5.75 Å². The SMILES string of the molecule is COC(=O)C1(C#N)C(c2ccco2)C(C(=O)c2ccc(OC)c(Br)c2)N2c3ccccc3C=CC21. The van der Waals surface area contributed by atoms with Gasteiger partial charge in [-0.05, 0) is 57.9 Å². The van der Waals surface area contributed by atoms with Gasteiger partial charge in [0.15, 0.2) is 11.2 Å². The lowest BCUT2D eigenvalue weighted by Gasteiger charge is -2.36. The molecule has 176 valence electrons. The van der Waals surface area contributed by atoms with Crippen molar-refractivity contribution in [1.82, 2.24) is 0 Å². The van der Waals surface area contributed by atoms with Gasteiger partial charge >= 0.3 is 5.97 Å². The largest absolute Gasteiger partial charge is 0.496 e. The molecule has 0 spiro atoms. The molecule has 8 heteroatoms. The smallest absolute Gasteiger partial charge is 0.329 e. The van der Waals surface area contributed by atoms with E-state index in [1.54, 1.807) is 43.5 Å². The highest BCUT2D eigenvalue weighted by Crippen LogP contribution is 2.56. The number of methoxy groups -OCH3 is 2. The summed E-state index contributed by atoms with van der Waals surface area (Å²) in [4.78, 5) is 29.5. The van der Waals surface area contributed by atoms with Gasteiger partial charge in [0.2, 0.25) is 0 Å². The van der Waals surface area contributed by atoms with Crippen molar-refractivity contribution < 1.29 is 23.5 Å². The molecule has 1 aromatic heterocycles. The van der Waals surface area contributed by atoms with E-state index in [1.165, 1.54) is 13.4 Å². The Balaban J connectivity index is 1.78. The zero-order chi connectivity index (χ0) is 24.7. The molecule has 1 fully saturated rings. The van der Waals surface area contributed by atoms with E-state index in [-0.39, 0.29) is 5.78 Å². The van der Waals surface area contributed by atoms with Crippen LogP contribution in [0.3, 0.4) is 0 Å². The van der Waals surface area contributed by atoms with Crippen molar-refractivity contribution >= 4 is 39.4 Å². The van der Waals surface area contributed by atoms with E-state index in [0.717, 1.165) is 11.3 Å². The van der Waals surface area contributed by atoms with Crippen LogP contribution in [0.25, 0.3) is 6.08 Å². The summed E-state index contributed by atoms with van der Waals surface area (Å²) in [6.45, 7) is 0. The van der Waals surface area contributed by atoms with Crippen molar-refractivity contribution in [3.05, 3.63) is 88.3 Å². The van der Waals surface area contributed by atoms with Crippen LogP contribution in [0, 0.1) is 16.7 Å². The molecule has 1 saturated heterocycles. The van der Waals surface area contributed by atoms with Gasteiger partial charge in [0.1, 0.15) is 17.6 Å². The fourth-order valence-corrected chi connectivity index (χ4v) is 5.84. The summed E-state index contributed by atoms with van der Waals surface area (Å²) >= 11 is 3.46. The highest BCUT2D eigenvalue weighted by Gasteiger charge is 2.68. The van der Waals surface area contributed by atoms with Crippen molar-refractivity contribution in [2.45, 2.75) is 18.0 Å². The van der Waals surface area contributed by atoms with Crippen molar-refractivity contribution in [1.29, 1.82) is 5.26 Å². The van der Waals surface area contributed by atoms with Crippen molar-refractivity contribution in [2.24, 2.45) is 5.41 Å². The number of para-hydroxylation sites is 1. The Morgan fingerprint density at radius 3 is 2.60 bits per heavy atom. The number of halogens is 1. The number of Topliss-reactive ketones (excluding diaryl/α,β-unsaturated/α-hetero) is 1. The monoisotopic (exact) mass is 532 g/mol. The van der Waals surface area contributed by atoms with Crippen LogP contribution >= 0.6 is 15.9 Å². The van der Waals surface area contributed by atoms with Gasteiger partial charge in [-0.2, -0.15) is 5.26 Å². The predicted octanol–water partition coefficient (Wildman–Crippen LogP) is 4.98. The molecule has 0 amide bonds. The minimum absolute atomic E-state index is 0.258. The maximum Gasteiger partial charge on any atom is 0.329 e. The third-order valence-corrected chi connectivity index (χ3v) is 7.43. The molecular weight excluding hydrogens is 512 g/mol. The molecule has 2 aliphatic rings. The molecule has 3 heterocycles. The third-order valence-electron chi connectivity index (χ3n) is 6.81. The Kier molecular flexibility index (Phi) is 5.73. The Bertz CT molecular complexity index is 1380. The standard InChI is InChI=1S/C27H21BrN2O5/c1-33-20-11-9-17(14-18(20)28)25(31)24-23(21-8-5-13-35-21)27(15-29,26(32)34-2)22-12-10-16-6-3-4-7-19(16)30(22)24/h3-14,22-24H,1-2H3. The second-order valence-corrected chi connectivity index (χ2v) is 9.25. The number of hydrogen-bond donors (Lipinski definition) is 0. The van der Waals surface area contributed by atoms with Gasteiger partial charge in [0.25, 0.3) is 0 Å². The number of carbonyl (C=O) groups excluding carboxylic acids is 2. The quantitative estimate of drug-likeness (QED) is 0.337. The van der Waals surface area contributed by atoms with Crippen molar-refractivity contribution in [2.75, 3.05) is 19.1 Å². The molecule has 4 atom stereocenters. The zero-order valence-electron chi connectivity index (χ0n) is 19.0. The topological polar surface area (TPSA) is 92.8 Å². The van der Waals surface area contributed by atoms with Crippen LogP contribution in [0.4, 0.5) is 5.69 Å². The average molecular weight is 533 g/mol. The number of ether oxygens (including phenoxy) is 2. The number of nitrogens with zero attached hydrogens (tertiary/aromatic N) is 2. The number of furan rings is 1. The molecular formula is C27H21BrN2O5. The minimum atomic E-state index is -1.72. The van der Waals surface area contributed by atoms with Gasteiger partial charge in [0, 0.05) is 11.3 Å². The van der Waals surface area contributed by atoms with Crippen molar-refractivity contribution in [3.63, 3.8) is 0 Å². The van der Waals surface area contributed by atoms with E-state index in [2.05, 4.69) is 22.0 Å². The molecule has 3 aromatic rings. The lowest BCUT2D eigenvalue weighted by molar-refractivity contribution is -0.150. The summed E-state index contributed by atoms with van der Waals surface area (Å²) < 4.78 is 16.9. The normalized spacial score (nSPS) is 24.3. The van der Waals surface area contributed by atoms with Crippen LogP contribution in [-0.2, 0) is 9.53 Å². The molecule has 0 saturated carbocycles. The molecule has 0 bridgehead atoms. The summed E-state index contributed by atoms with van der Waals surface area (Å²) in [7, 11) is 2.80. The lowest BCUT2D eigenvalue weighted by atomic mass is 9.70. The number of anilines is 1. The Hall–Kier alpha value is -3.83. The molecule has 2 aliphatic heterocycles. The predicted molar refractivity (Wildman–Crippen MR) is 132 cm³/mol. The van der Waals surface area contributed by atoms with Crippen LogP contribution in [-0.4, -0.2) is 38.1 Å². The molecule has 0 N–H and O–H groups in total. The molecule has 35 heavy (non-hydrogen) atoms. The van der Waals surface area contributed by atoms with Gasteiger partial charge in [-0.25, -0.2) is 0 Å². The Morgan fingerprint density at radius 2 is 1.94 bits per heavy atom. The van der Waals surface area contributed by atoms with Crippen LogP contribution < -0.4 is 9.64 Å². The average Bonchev–Trinajstić information content (AvgIpc) is 3.52. The second-order valence-electron chi connectivity index (χ2n) is 8.39. The summed E-state index contributed by atoms with van der Waals surface area (Å²) in [5.74, 6) is -0.953. The van der Waals surface area contributed by atoms with Gasteiger partial charge in [-0.3, -0.25) is 9.59 Å². The molecule has 4 unspecified atom stereocenters. The Labute approximate surface area is 210 Å². The molecule has 7 nitrogen and oxygen atoms in total. The van der Waals surface area contributed by atoms with E-state index in [4.69, 9.17) is 13.9 Å². The van der Waals surface area contributed by atoms with E-state index >= 15 is 0 Å². The number of benzene rings is 2. The first kappa shape index (κ1) is 22.9. The van der Waals surface area contributed by atoms with Crippen LogP contribution in [0.15, 0.2) is 75.8 Å².